The number of carbonyl (C=O) groups is 1. The number of aromatic nitrogens is 3. The molecule has 7 nitrogen and oxygen atoms in total. The molecule has 2 N–H and O–H groups in total. The van der Waals surface area contributed by atoms with Crippen molar-refractivity contribution in [3.63, 3.8) is 0 Å². The van der Waals surface area contributed by atoms with Gasteiger partial charge in [0.05, 0.1) is 17.6 Å². The van der Waals surface area contributed by atoms with Gasteiger partial charge in [0.2, 0.25) is 11.1 Å². The molecule has 8 heteroatoms. The highest BCUT2D eigenvalue weighted by Gasteiger charge is 2.22. The molecule has 0 spiro atoms. The molecule has 1 aromatic carbocycles. The van der Waals surface area contributed by atoms with Crippen LogP contribution in [0.5, 0.6) is 0 Å². The van der Waals surface area contributed by atoms with Gasteiger partial charge in [-0.25, -0.2) is 4.68 Å². The fourth-order valence-corrected chi connectivity index (χ4v) is 3.86. The summed E-state index contributed by atoms with van der Waals surface area (Å²) in [4.78, 5) is 14.5. The predicted molar refractivity (Wildman–Crippen MR) is 98.9 cm³/mol. The maximum atomic E-state index is 12.6. The minimum absolute atomic E-state index is 0.0774. The highest BCUT2D eigenvalue weighted by molar-refractivity contribution is 7.99. The standard InChI is InChI=1S/C18H19N5O2S/c1-12-15(7-9-25-12)17-20-21-18(23(17)19)26-11-16(24)22-8-6-13-4-2-3-5-14(13)10-22/h2-5,7,9H,6,8,10-11,19H2,1H3. The third-order valence-corrected chi connectivity index (χ3v) is 5.50. The predicted octanol–water partition coefficient (Wildman–Crippen LogP) is 2.24. The van der Waals surface area contributed by atoms with Crippen molar-refractivity contribution < 1.29 is 9.21 Å². The first-order valence-electron chi connectivity index (χ1n) is 8.36. The number of nitrogens with zero attached hydrogens (tertiary/aromatic N) is 4. The number of thioether (sulfide) groups is 1. The Morgan fingerprint density at radius 1 is 1.27 bits per heavy atom. The molecule has 0 atom stereocenters. The summed E-state index contributed by atoms with van der Waals surface area (Å²) >= 11 is 1.30. The average Bonchev–Trinajstić information content (AvgIpc) is 3.24. The second kappa shape index (κ2) is 6.87. The van der Waals surface area contributed by atoms with Gasteiger partial charge in [-0.2, -0.15) is 0 Å². The molecular weight excluding hydrogens is 350 g/mol. The molecule has 1 aliphatic rings. The van der Waals surface area contributed by atoms with Crippen molar-refractivity contribution in [3.8, 4) is 11.4 Å². The van der Waals surface area contributed by atoms with Crippen molar-refractivity contribution >= 4 is 17.7 Å². The van der Waals surface area contributed by atoms with Crippen LogP contribution in [0.15, 0.2) is 46.2 Å². The van der Waals surface area contributed by atoms with E-state index in [0.717, 1.165) is 24.3 Å². The van der Waals surface area contributed by atoms with E-state index in [0.29, 0.717) is 17.5 Å². The summed E-state index contributed by atoms with van der Waals surface area (Å²) in [5.41, 5.74) is 3.34. The molecule has 1 amide bonds. The Morgan fingerprint density at radius 3 is 2.85 bits per heavy atom. The Kier molecular flexibility index (Phi) is 4.42. The molecule has 26 heavy (non-hydrogen) atoms. The molecule has 3 heterocycles. The number of carbonyl (C=O) groups excluding carboxylic acids is 1. The Labute approximate surface area is 155 Å². The van der Waals surface area contributed by atoms with Crippen LogP contribution in [0.1, 0.15) is 16.9 Å². The number of benzene rings is 1. The van der Waals surface area contributed by atoms with Gasteiger partial charge in [0.1, 0.15) is 5.76 Å². The van der Waals surface area contributed by atoms with Crippen LogP contribution < -0.4 is 5.84 Å². The lowest BCUT2D eigenvalue weighted by molar-refractivity contribution is -0.129. The minimum Gasteiger partial charge on any atom is -0.469 e. The van der Waals surface area contributed by atoms with Crippen molar-refractivity contribution in [2.75, 3.05) is 18.1 Å². The summed E-state index contributed by atoms with van der Waals surface area (Å²) < 4.78 is 6.69. The first-order valence-corrected chi connectivity index (χ1v) is 9.34. The number of rotatable bonds is 4. The van der Waals surface area contributed by atoms with Crippen molar-refractivity contribution in [2.45, 2.75) is 25.0 Å². The number of amides is 1. The lowest BCUT2D eigenvalue weighted by atomic mass is 10.00. The van der Waals surface area contributed by atoms with Gasteiger partial charge in [-0.3, -0.25) is 4.79 Å². The van der Waals surface area contributed by atoms with Crippen LogP contribution in [0.3, 0.4) is 0 Å². The lowest BCUT2D eigenvalue weighted by Gasteiger charge is -2.28. The SMILES string of the molecule is Cc1occc1-c1nnc(SCC(=O)N2CCc3ccccc3C2)n1N. The zero-order valence-corrected chi connectivity index (χ0v) is 15.2. The van der Waals surface area contributed by atoms with E-state index in [1.807, 2.05) is 24.0 Å². The van der Waals surface area contributed by atoms with E-state index in [1.54, 1.807) is 12.3 Å². The number of nitrogen functional groups attached to an aromatic ring is 1. The van der Waals surface area contributed by atoms with E-state index in [2.05, 4.69) is 22.3 Å². The first-order chi connectivity index (χ1) is 12.6. The van der Waals surface area contributed by atoms with Crippen molar-refractivity contribution in [1.82, 2.24) is 19.8 Å². The Bertz CT molecular complexity index is 949. The number of furan rings is 1. The molecule has 0 saturated heterocycles. The molecular formula is C18H19N5O2S. The molecule has 3 aromatic rings. The number of aryl methyl sites for hydroxylation is 1. The largest absolute Gasteiger partial charge is 0.469 e. The summed E-state index contributed by atoms with van der Waals surface area (Å²) in [5, 5.41) is 8.73. The topological polar surface area (TPSA) is 90.2 Å². The summed E-state index contributed by atoms with van der Waals surface area (Å²) in [7, 11) is 0. The average molecular weight is 369 g/mol. The molecule has 0 radical (unpaired) electrons. The van der Waals surface area contributed by atoms with Gasteiger partial charge < -0.3 is 15.2 Å². The lowest BCUT2D eigenvalue weighted by Crippen LogP contribution is -2.37. The number of nitrogens with two attached hydrogens (primary N) is 1. The molecule has 0 saturated carbocycles. The van der Waals surface area contributed by atoms with Crippen LogP contribution >= 0.6 is 11.8 Å². The maximum Gasteiger partial charge on any atom is 0.233 e. The van der Waals surface area contributed by atoms with Gasteiger partial charge in [-0.1, -0.05) is 36.0 Å². The van der Waals surface area contributed by atoms with Gasteiger partial charge in [-0.05, 0) is 30.5 Å². The third-order valence-electron chi connectivity index (χ3n) is 4.57. The zero-order valence-electron chi connectivity index (χ0n) is 14.4. The van der Waals surface area contributed by atoms with Crippen LogP contribution in [-0.2, 0) is 17.8 Å². The summed E-state index contributed by atoms with van der Waals surface area (Å²) in [6.45, 7) is 3.24. The zero-order chi connectivity index (χ0) is 18.1. The van der Waals surface area contributed by atoms with E-state index in [4.69, 9.17) is 10.3 Å². The first kappa shape index (κ1) is 16.7. The number of fused-ring (bicyclic) bond motifs is 1. The Balaban J connectivity index is 1.41. The normalized spacial score (nSPS) is 13.7. The van der Waals surface area contributed by atoms with Gasteiger partial charge in [0, 0.05) is 13.1 Å². The molecule has 2 aromatic heterocycles. The van der Waals surface area contributed by atoms with Crippen molar-refractivity contribution in [3.05, 3.63) is 53.5 Å². The highest BCUT2D eigenvalue weighted by atomic mass is 32.2. The second-order valence-electron chi connectivity index (χ2n) is 6.19. The Morgan fingerprint density at radius 2 is 2.08 bits per heavy atom. The number of hydrogen-bond acceptors (Lipinski definition) is 6. The van der Waals surface area contributed by atoms with Gasteiger partial charge >= 0.3 is 0 Å². The van der Waals surface area contributed by atoms with E-state index in [1.165, 1.54) is 27.6 Å². The van der Waals surface area contributed by atoms with Crippen LogP contribution in [0.4, 0.5) is 0 Å². The fraction of sp³-hybridized carbons (Fsp3) is 0.278. The third kappa shape index (κ3) is 3.08. The second-order valence-corrected chi connectivity index (χ2v) is 7.13. The molecule has 134 valence electrons. The van der Waals surface area contributed by atoms with Crippen LogP contribution in [0.25, 0.3) is 11.4 Å². The minimum atomic E-state index is 0.0774. The summed E-state index contributed by atoms with van der Waals surface area (Å²) in [6.07, 6.45) is 2.48. The van der Waals surface area contributed by atoms with Crippen molar-refractivity contribution in [1.29, 1.82) is 0 Å². The van der Waals surface area contributed by atoms with Gasteiger partial charge in [-0.15, -0.1) is 10.2 Å². The fourth-order valence-electron chi connectivity index (χ4n) is 3.10. The molecule has 1 aliphatic heterocycles. The van der Waals surface area contributed by atoms with Crippen LogP contribution in [0, 0.1) is 6.92 Å². The van der Waals surface area contributed by atoms with Crippen LogP contribution in [0.2, 0.25) is 0 Å². The Hall–Kier alpha value is -2.74. The highest BCUT2D eigenvalue weighted by Crippen LogP contribution is 2.25. The van der Waals surface area contributed by atoms with E-state index >= 15 is 0 Å². The monoisotopic (exact) mass is 369 g/mol. The smallest absolute Gasteiger partial charge is 0.233 e. The molecule has 0 fully saturated rings. The van der Waals surface area contributed by atoms with Crippen LogP contribution in [-0.4, -0.2) is 38.0 Å². The maximum absolute atomic E-state index is 12.6. The number of hydrogen-bond donors (Lipinski definition) is 1. The quantitative estimate of drug-likeness (QED) is 0.560. The van der Waals surface area contributed by atoms with E-state index in [-0.39, 0.29) is 11.7 Å². The molecule has 0 bridgehead atoms. The molecule has 4 rings (SSSR count). The van der Waals surface area contributed by atoms with Gasteiger partial charge in [0.25, 0.3) is 0 Å². The van der Waals surface area contributed by atoms with Gasteiger partial charge in [0.15, 0.2) is 5.82 Å². The van der Waals surface area contributed by atoms with E-state index < -0.39 is 0 Å². The molecule has 0 aliphatic carbocycles. The summed E-state index contributed by atoms with van der Waals surface area (Å²) in [6, 6.07) is 10.1. The van der Waals surface area contributed by atoms with E-state index in [9.17, 15) is 4.79 Å². The molecule has 0 unspecified atom stereocenters. The summed E-state index contributed by atoms with van der Waals surface area (Å²) in [5.74, 6) is 7.70. The van der Waals surface area contributed by atoms with Crippen molar-refractivity contribution in [2.24, 2.45) is 0 Å².